The fourth-order valence-electron chi connectivity index (χ4n) is 3.76. The molecule has 1 aliphatic heterocycles. The second kappa shape index (κ2) is 8.21. The number of ether oxygens (including phenoxy) is 1. The first-order valence-electron chi connectivity index (χ1n) is 9.51. The Morgan fingerprint density at radius 2 is 2.00 bits per heavy atom. The third-order valence-electron chi connectivity index (χ3n) is 4.94. The van der Waals surface area contributed by atoms with Crippen LogP contribution in [0.2, 0.25) is 0 Å². The fraction of sp³-hybridized carbons (Fsp3) is 0.364. The first-order valence-corrected chi connectivity index (χ1v) is 10.3. The van der Waals surface area contributed by atoms with Gasteiger partial charge in [0.25, 0.3) is 0 Å². The van der Waals surface area contributed by atoms with E-state index in [4.69, 9.17) is 4.74 Å². The Kier molecular flexibility index (Phi) is 5.54. The van der Waals surface area contributed by atoms with Gasteiger partial charge in [-0.2, -0.15) is 0 Å². The van der Waals surface area contributed by atoms with Crippen LogP contribution in [0.3, 0.4) is 0 Å². The highest BCUT2D eigenvalue weighted by Crippen LogP contribution is 2.37. The van der Waals surface area contributed by atoms with Crippen LogP contribution in [0.5, 0.6) is 5.75 Å². The maximum atomic E-state index is 5.78. The molecule has 26 heavy (non-hydrogen) atoms. The smallest absolute Gasteiger partial charge is 0.119 e. The Morgan fingerprint density at radius 1 is 1.08 bits per heavy atom. The van der Waals surface area contributed by atoms with Gasteiger partial charge in [-0.1, -0.05) is 30.3 Å². The minimum atomic E-state index is 0.285. The normalized spacial score (nSPS) is 17.1. The quantitative estimate of drug-likeness (QED) is 0.709. The molecule has 0 amide bonds. The Balaban J connectivity index is 1.76. The zero-order chi connectivity index (χ0) is 17.8. The van der Waals surface area contributed by atoms with Gasteiger partial charge in [-0.15, -0.1) is 11.3 Å². The van der Waals surface area contributed by atoms with Gasteiger partial charge in [-0.05, 0) is 55.1 Å². The number of fused-ring (bicyclic) bond motifs is 1. The standard InChI is InChI=1S/C22H26N2OS/c1-2-25-19-9-5-8-18(15-19)22(24-13-6-11-23-12-14-24)21-16-17-7-3-4-10-20(17)26-21/h3-5,7-10,15-16,22-23H,2,6,11-14H2,1H3. The van der Waals surface area contributed by atoms with E-state index < -0.39 is 0 Å². The number of hydrogen-bond acceptors (Lipinski definition) is 4. The summed E-state index contributed by atoms with van der Waals surface area (Å²) in [5, 5.41) is 4.87. The molecule has 1 fully saturated rings. The maximum absolute atomic E-state index is 5.78. The van der Waals surface area contributed by atoms with Crippen LogP contribution < -0.4 is 10.1 Å². The van der Waals surface area contributed by atoms with E-state index in [1.165, 1.54) is 26.9 Å². The summed E-state index contributed by atoms with van der Waals surface area (Å²) in [5.41, 5.74) is 1.32. The highest BCUT2D eigenvalue weighted by molar-refractivity contribution is 7.19. The molecule has 1 aromatic heterocycles. The highest BCUT2D eigenvalue weighted by atomic mass is 32.1. The van der Waals surface area contributed by atoms with Crippen molar-refractivity contribution in [2.45, 2.75) is 19.4 Å². The van der Waals surface area contributed by atoms with Crippen molar-refractivity contribution >= 4 is 21.4 Å². The Hall–Kier alpha value is -1.88. The van der Waals surface area contributed by atoms with Crippen LogP contribution in [-0.2, 0) is 0 Å². The van der Waals surface area contributed by atoms with Gasteiger partial charge < -0.3 is 10.1 Å². The Bertz CT molecular complexity index is 819. The number of nitrogens with zero attached hydrogens (tertiary/aromatic N) is 1. The molecule has 1 aliphatic rings. The highest BCUT2D eigenvalue weighted by Gasteiger charge is 2.25. The lowest BCUT2D eigenvalue weighted by Crippen LogP contribution is -2.32. The maximum Gasteiger partial charge on any atom is 0.119 e. The fourth-order valence-corrected chi connectivity index (χ4v) is 4.99. The molecule has 2 aromatic carbocycles. The van der Waals surface area contributed by atoms with Gasteiger partial charge in [0.1, 0.15) is 5.75 Å². The predicted octanol–water partition coefficient (Wildman–Crippen LogP) is 4.68. The van der Waals surface area contributed by atoms with Gasteiger partial charge in [-0.3, -0.25) is 4.90 Å². The summed E-state index contributed by atoms with van der Waals surface area (Å²) in [6.07, 6.45) is 1.19. The van der Waals surface area contributed by atoms with Gasteiger partial charge >= 0.3 is 0 Å². The van der Waals surface area contributed by atoms with Crippen LogP contribution in [0.15, 0.2) is 54.6 Å². The molecule has 1 saturated heterocycles. The van der Waals surface area contributed by atoms with E-state index in [0.29, 0.717) is 6.61 Å². The average molecular weight is 367 g/mol. The molecule has 0 aliphatic carbocycles. The lowest BCUT2D eigenvalue weighted by molar-refractivity contribution is 0.243. The third-order valence-corrected chi connectivity index (χ3v) is 6.11. The molecule has 136 valence electrons. The molecule has 0 spiro atoms. The molecule has 4 rings (SSSR count). The van der Waals surface area contributed by atoms with E-state index in [1.807, 2.05) is 18.3 Å². The average Bonchev–Trinajstić information content (AvgIpc) is 2.90. The van der Waals surface area contributed by atoms with Crippen LogP contribution in [0.4, 0.5) is 0 Å². The van der Waals surface area contributed by atoms with Gasteiger partial charge in [0.05, 0.1) is 12.6 Å². The number of nitrogens with one attached hydrogen (secondary N) is 1. The van der Waals surface area contributed by atoms with E-state index in [2.05, 4.69) is 64.8 Å². The molecule has 3 nitrogen and oxygen atoms in total. The van der Waals surface area contributed by atoms with Crippen molar-refractivity contribution < 1.29 is 4.74 Å². The van der Waals surface area contributed by atoms with Crippen molar-refractivity contribution in [1.29, 1.82) is 0 Å². The predicted molar refractivity (Wildman–Crippen MR) is 110 cm³/mol. The molecule has 4 heteroatoms. The molecule has 1 N–H and O–H groups in total. The van der Waals surface area contributed by atoms with Crippen molar-refractivity contribution in [3.05, 3.63) is 65.0 Å². The molecule has 0 bridgehead atoms. The van der Waals surface area contributed by atoms with E-state index in [9.17, 15) is 0 Å². The summed E-state index contributed by atoms with van der Waals surface area (Å²) < 4.78 is 7.14. The Morgan fingerprint density at radius 3 is 2.88 bits per heavy atom. The van der Waals surface area contributed by atoms with Gasteiger partial charge in [0, 0.05) is 29.2 Å². The largest absolute Gasteiger partial charge is 0.494 e. The molecule has 1 atom stereocenters. The number of thiophene rings is 1. The number of benzene rings is 2. The molecule has 3 aromatic rings. The van der Waals surface area contributed by atoms with Crippen LogP contribution in [-0.4, -0.2) is 37.7 Å². The summed E-state index contributed by atoms with van der Waals surface area (Å²) in [4.78, 5) is 4.04. The van der Waals surface area contributed by atoms with E-state index >= 15 is 0 Å². The molecule has 2 heterocycles. The van der Waals surface area contributed by atoms with E-state index in [0.717, 1.165) is 31.9 Å². The van der Waals surface area contributed by atoms with Crippen LogP contribution >= 0.6 is 11.3 Å². The molecule has 0 saturated carbocycles. The minimum Gasteiger partial charge on any atom is -0.494 e. The first kappa shape index (κ1) is 17.5. The molecule has 1 unspecified atom stereocenters. The SMILES string of the molecule is CCOc1cccc(C(c2cc3ccccc3s2)N2CCCNCC2)c1. The first-order chi connectivity index (χ1) is 12.8. The molecular weight excluding hydrogens is 340 g/mol. The van der Waals surface area contributed by atoms with Crippen molar-refractivity contribution in [3.8, 4) is 5.75 Å². The van der Waals surface area contributed by atoms with Gasteiger partial charge in [0.15, 0.2) is 0 Å². The second-order valence-electron chi connectivity index (χ2n) is 6.73. The summed E-state index contributed by atoms with van der Waals surface area (Å²) in [7, 11) is 0. The van der Waals surface area contributed by atoms with Crippen LogP contribution in [0.1, 0.15) is 29.8 Å². The van der Waals surface area contributed by atoms with Crippen molar-refractivity contribution in [2.75, 3.05) is 32.8 Å². The summed E-state index contributed by atoms with van der Waals surface area (Å²) >= 11 is 1.92. The van der Waals surface area contributed by atoms with Crippen molar-refractivity contribution in [1.82, 2.24) is 10.2 Å². The van der Waals surface area contributed by atoms with E-state index in [1.54, 1.807) is 0 Å². The van der Waals surface area contributed by atoms with E-state index in [-0.39, 0.29) is 6.04 Å². The zero-order valence-corrected chi connectivity index (χ0v) is 16.1. The number of rotatable bonds is 5. The zero-order valence-electron chi connectivity index (χ0n) is 15.3. The van der Waals surface area contributed by atoms with Crippen LogP contribution in [0.25, 0.3) is 10.1 Å². The third kappa shape index (κ3) is 3.78. The Labute approximate surface area is 159 Å². The number of hydrogen-bond donors (Lipinski definition) is 1. The van der Waals surface area contributed by atoms with Crippen molar-refractivity contribution in [2.24, 2.45) is 0 Å². The molecule has 0 radical (unpaired) electrons. The second-order valence-corrected chi connectivity index (χ2v) is 7.85. The molecular formula is C22H26N2OS. The van der Waals surface area contributed by atoms with Crippen LogP contribution in [0, 0.1) is 0 Å². The van der Waals surface area contributed by atoms with Gasteiger partial charge in [-0.25, -0.2) is 0 Å². The summed E-state index contributed by atoms with van der Waals surface area (Å²) in [5.74, 6) is 0.962. The monoisotopic (exact) mass is 366 g/mol. The minimum absolute atomic E-state index is 0.285. The van der Waals surface area contributed by atoms with Crippen molar-refractivity contribution in [3.63, 3.8) is 0 Å². The van der Waals surface area contributed by atoms with Gasteiger partial charge in [0.2, 0.25) is 0 Å². The topological polar surface area (TPSA) is 24.5 Å². The lowest BCUT2D eigenvalue weighted by Gasteiger charge is -2.30. The summed E-state index contributed by atoms with van der Waals surface area (Å²) in [6, 6.07) is 20.0. The summed E-state index contributed by atoms with van der Waals surface area (Å²) in [6.45, 7) is 7.07. The lowest BCUT2D eigenvalue weighted by atomic mass is 10.0.